The minimum atomic E-state index is 0.240. The lowest BCUT2D eigenvalue weighted by atomic mass is 10.0. The van der Waals surface area contributed by atoms with Crippen LogP contribution in [0.25, 0.3) is 0 Å². The minimum absolute atomic E-state index is 0.240. The van der Waals surface area contributed by atoms with Gasteiger partial charge in [0.1, 0.15) is 0 Å². The molecule has 2 aromatic rings. The molecule has 0 fully saturated rings. The summed E-state index contributed by atoms with van der Waals surface area (Å²) in [6.07, 6.45) is 1.87. The van der Waals surface area contributed by atoms with E-state index in [4.69, 9.17) is 0 Å². The highest BCUT2D eigenvalue weighted by Crippen LogP contribution is 2.17. The molecule has 0 bridgehead atoms. The first-order valence-corrected chi connectivity index (χ1v) is 6.72. The molecule has 0 aliphatic carbocycles. The fourth-order valence-electron chi connectivity index (χ4n) is 2.10. The highest BCUT2D eigenvalue weighted by molar-refractivity contribution is 5.25. The Balaban J connectivity index is 2.15. The molecule has 1 N–H and O–H groups in total. The van der Waals surface area contributed by atoms with Crippen molar-refractivity contribution in [3.8, 4) is 0 Å². The van der Waals surface area contributed by atoms with E-state index in [2.05, 4.69) is 58.8 Å². The Bertz CT molecular complexity index is 520. The van der Waals surface area contributed by atoms with E-state index in [1.807, 2.05) is 0 Å². The molecule has 2 rings (SSSR count). The number of aryl methyl sites for hydroxylation is 2. The van der Waals surface area contributed by atoms with Gasteiger partial charge < -0.3 is 5.32 Å². The molecule has 0 saturated heterocycles. The van der Waals surface area contributed by atoms with Crippen LogP contribution in [0.15, 0.2) is 24.3 Å². The first-order chi connectivity index (χ1) is 9.19. The maximum Gasteiger partial charge on any atom is 0.176 e. The Morgan fingerprint density at radius 2 is 2.21 bits per heavy atom. The van der Waals surface area contributed by atoms with E-state index < -0.39 is 0 Å². The molecular weight excluding hydrogens is 238 g/mol. The molecule has 102 valence electrons. The number of tetrazole rings is 1. The van der Waals surface area contributed by atoms with Crippen molar-refractivity contribution in [2.75, 3.05) is 6.54 Å². The predicted octanol–water partition coefficient (Wildman–Crippen LogP) is 1.80. The third-order valence-corrected chi connectivity index (χ3v) is 3.02. The van der Waals surface area contributed by atoms with Gasteiger partial charge in [-0.15, -0.1) is 10.2 Å². The molecule has 0 saturated carbocycles. The molecule has 5 heteroatoms. The topological polar surface area (TPSA) is 55.6 Å². The Hall–Kier alpha value is -1.75. The molecule has 0 spiro atoms. The summed E-state index contributed by atoms with van der Waals surface area (Å²) >= 11 is 0. The van der Waals surface area contributed by atoms with E-state index in [1.165, 1.54) is 15.9 Å². The summed E-state index contributed by atoms with van der Waals surface area (Å²) in [4.78, 5) is 1.50. The van der Waals surface area contributed by atoms with Crippen molar-refractivity contribution >= 4 is 0 Å². The van der Waals surface area contributed by atoms with Gasteiger partial charge in [0.25, 0.3) is 0 Å². The summed E-state index contributed by atoms with van der Waals surface area (Å²) in [6.45, 7) is 5.26. The van der Waals surface area contributed by atoms with E-state index >= 15 is 0 Å². The first kappa shape index (κ1) is 13.7. The summed E-state index contributed by atoms with van der Waals surface area (Å²) in [5.74, 6) is 0.776. The second-order valence-electron chi connectivity index (χ2n) is 4.82. The zero-order valence-corrected chi connectivity index (χ0v) is 11.8. The third kappa shape index (κ3) is 3.86. The highest BCUT2D eigenvalue weighted by atomic mass is 15.6. The second-order valence-corrected chi connectivity index (χ2v) is 4.82. The minimum Gasteiger partial charge on any atom is -0.310 e. The molecular formula is C14H21N5. The van der Waals surface area contributed by atoms with Crippen molar-refractivity contribution in [2.24, 2.45) is 7.05 Å². The molecule has 0 aliphatic heterocycles. The van der Waals surface area contributed by atoms with Crippen LogP contribution < -0.4 is 5.32 Å². The summed E-state index contributed by atoms with van der Waals surface area (Å²) in [7, 11) is 1.79. The number of aromatic nitrogens is 4. The molecule has 0 amide bonds. The molecule has 19 heavy (non-hydrogen) atoms. The molecule has 1 aromatic heterocycles. The zero-order chi connectivity index (χ0) is 13.7. The van der Waals surface area contributed by atoms with Crippen LogP contribution in [0.2, 0.25) is 0 Å². The van der Waals surface area contributed by atoms with E-state index in [0.29, 0.717) is 0 Å². The van der Waals surface area contributed by atoms with Gasteiger partial charge in [0.15, 0.2) is 5.82 Å². The van der Waals surface area contributed by atoms with Crippen LogP contribution in [0, 0.1) is 6.92 Å². The zero-order valence-electron chi connectivity index (χ0n) is 11.8. The van der Waals surface area contributed by atoms with Gasteiger partial charge in [0.05, 0.1) is 7.05 Å². The standard InChI is InChI=1S/C14H21N5/c1-4-8-15-13(10-14-16-18-19(3)17-14)12-7-5-6-11(2)9-12/h5-7,9,13,15H,4,8,10H2,1-3H3. The van der Waals surface area contributed by atoms with E-state index in [-0.39, 0.29) is 6.04 Å². The lowest BCUT2D eigenvalue weighted by Crippen LogP contribution is -2.24. The lowest BCUT2D eigenvalue weighted by Gasteiger charge is -2.17. The third-order valence-electron chi connectivity index (χ3n) is 3.02. The van der Waals surface area contributed by atoms with Crippen LogP contribution in [-0.4, -0.2) is 26.8 Å². The maximum absolute atomic E-state index is 4.26. The largest absolute Gasteiger partial charge is 0.310 e. The van der Waals surface area contributed by atoms with Gasteiger partial charge in [-0.05, 0) is 30.7 Å². The Morgan fingerprint density at radius 3 is 2.84 bits per heavy atom. The van der Waals surface area contributed by atoms with Crippen LogP contribution in [0.4, 0.5) is 0 Å². The number of nitrogens with one attached hydrogen (secondary N) is 1. The Kier molecular flexibility index (Phi) is 4.63. The van der Waals surface area contributed by atoms with Crippen molar-refractivity contribution in [1.82, 2.24) is 25.5 Å². The Morgan fingerprint density at radius 1 is 1.37 bits per heavy atom. The van der Waals surface area contributed by atoms with E-state index in [1.54, 1.807) is 7.05 Å². The molecule has 1 unspecified atom stereocenters. The van der Waals surface area contributed by atoms with Crippen molar-refractivity contribution in [2.45, 2.75) is 32.7 Å². The quantitative estimate of drug-likeness (QED) is 0.859. The van der Waals surface area contributed by atoms with Crippen LogP contribution in [0.5, 0.6) is 0 Å². The summed E-state index contributed by atoms with van der Waals surface area (Å²) in [5.41, 5.74) is 2.55. The Labute approximate surface area is 114 Å². The fourth-order valence-corrected chi connectivity index (χ4v) is 2.10. The summed E-state index contributed by atoms with van der Waals surface area (Å²) in [5, 5.41) is 15.8. The number of benzene rings is 1. The van der Waals surface area contributed by atoms with Crippen molar-refractivity contribution in [3.63, 3.8) is 0 Å². The van der Waals surface area contributed by atoms with Gasteiger partial charge >= 0.3 is 0 Å². The average molecular weight is 259 g/mol. The van der Waals surface area contributed by atoms with Gasteiger partial charge in [-0.25, -0.2) is 0 Å². The van der Waals surface area contributed by atoms with Crippen molar-refractivity contribution < 1.29 is 0 Å². The first-order valence-electron chi connectivity index (χ1n) is 6.72. The average Bonchev–Trinajstić information content (AvgIpc) is 2.80. The number of rotatable bonds is 6. The molecule has 0 aliphatic rings. The predicted molar refractivity (Wildman–Crippen MR) is 74.7 cm³/mol. The number of hydrogen-bond donors (Lipinski definition) is 1. The molecule has 1 aromatic carbocycles. The fraction of sp³-hybridized carbons (Fsp3) is 0.500. The summed E-state index contributed by atoms with van der Waals surface area (Å²) in [6, 6.07) is 8.81. The van der Waals surface area contributed by atoms with Crippen LogP contribution in [0.1, 0.15) is 36.3 Å². The lowest BCUT2D eigenvalue weighted by molar-refractivity contribution is 0.516. The maximum atomic E-state index is 4.26. The molecule has 5 nitrogen and oxygen atoms in total. The van der Waals surface area contributed by atoms with Crippen LogP contribution in [0.3, 0.4) is 0 Å². The van der Waals surface area contributed by atoms with Gasteiger partial charge in [-0.1, -0.05) is 36.8 Å². The van der Waals surface area contributed by atoms with Crippen LogP contribution >= 0.6 is 0 Å². The van der Waals surface area contributed by atoms with E-state index in [9.17, 15) is 0 Å². The number of hydrogen-bond acceptors (Lipinski definition) is 4. The van der Waals surface area contributed by atoms with Gasteiger partial charge in [0, 0.05) is 12.5 Å². The molecule has 1 heterocycles. The smallest absolute Gasteiger partial charge is 0.176 e. The number of nitrogens with zero attached hydrogens (tertiary/aromatic N) is 4. The second kappa shape index (κ2) is 6.43. The van der Waals surface area contributed by atoms with Crippen molar-refractivity contribution in [1.29, 1.82) is 0 Å². The van der Waals surface area contributed by atoms with Crippen LogP contribution in [-0.2, 0) is 13.5 Å². The molecule has 1 atom stereocenters. The normalized spacial score (nSPS) is 12.6. The van der Waals surface area contributed by atoms with Gasteiger partial charge in [-0.2, -0.15) is 4.80 Å². The van der Waals surface area contributed by atoms with Gasteiger partial charge in [0.2, 0.25) is 0 Å². The highest BCUT2D eigenvalue weighted by Gasteiger charge is 2.14. The van der Waals surface area contributed by atoms with Crippen molar-refractivity contribution in [3.05, 3.63) is 41.2 Å². The molecule has 0 radical (unpaired) electrons. The summed E-state index contributed by atoms with van der Waals surface area (Å²) < 4.78 is 0. The van der Waals surface area contributed by atoms with E-state index in [0.717, 1.165) is 25.2 Å². The van der Waals surface area contributed by atoms with Gasteiger partial charge in [-0.3, -0.25) is 0 Å². The SMILES string of the molecule is CCCNC(Cc1nnn(C)n1)c1cccc(C)c1. The monoisotopic (exact) mass is 259 g/mol.